The summed E-state index contributed by atoms with van der Waals surface area (Å²) >= 11 is 0. The van der Waals surface area contributed by atoms with Crippen molar-refractivity contribution in [3.05, 3.63) is 71.8 Å². The van der Waals surface area contributed by atoms with Crippen molar-refractivity contribution >= 4 is 17.8 Å². The molecule has 0 aliphatic carbocycles. The lowest BCUT2D eigenvalue weighted by molar-refractivity contribution is -0.134. The van der Waals surface area contributed by atoms with Crippen molar-refractivity contribution in [2.24, 2.45) is 0 Å². The molecule has 28 heavy (non-hydrogen) atoms. The highest BCUT2D eigenvalue weighted by molar-refractivity contribution is 6.11. The third-order valence-corrected chi connectivity index (χ3v) is 4.95. The monoisotopic (exact) mass is 379 g/mol. The number of amides is 4. The highest BCUT2D eigenvalue weighted by Crippen LogP contribution is 2.35. The Morgan fingerprint density at radius 2 is 1.57 bits per heavy atom. The molecular weight excluding hydrogens is 354 g/mol. The largest absolute Gasteiger partial charge is 0.352 e. The normalized spacial score (nSPS) is 16.6. The van der Waals surface area contributed by atoms with Crippen molar-refractivity contribution in [2.75, 3.05) is 6.54 Å². The maximum atomic E-state index is 13.4. The van der Waals surface area contributed by atoms with Crippen molar-refractivity contribution in [3.63, 3.8) is 0 Å². The van der Waals surface area contributed by atoms with Gasteiger partial charge in [0.2, 0.25) is 5.91 Å². The second-order valence-corrected chi connectivity index (χ2v) is 7.06. The van der Waals surface area contributed by atoms with Gasteiger partial charge in [0.05, 0.1) is 0 Å². The van der Waals surface area contributed by atoms with Crippen LogP contribution in [0.3, 0.4) is 0 Å². The van der Waals surface area contributed by atoms with Crippen LogP contribution in [0.25, 0.3) is 0 Å². The molecule has 1 unspecified atom stereocenters. The standard InChI is InChI=1S/C22H25N3O3/c1-3-10-16(2)23-19(26)15-25-20(27)22(24-21(25)28,17-11-6-4-7-12-17)18-13-8-5-9-14-18/h4-9,11-14,16H,3,10,15H2,1-2H3,(H,23,26)(H,24,28). The second-order valence-electron chi connectivity index (χ2n) is 7.06. The van der Waals surface area contributed by atoms with E-state index in [-0.39, 0.29) is 18.5 Å². The van der Waals surface area contributed by atoms with Crippen LogP contribution in [0.15, 0.2) is 60.7 Å². The van der Waals surface area contributed by atoms with Gasteiger partial charge in [-0.15, -0.1) is 0 Å². The average Bonchev–Trinajstić information content (AvgIpc) is 2.95. The minimum absolute atomic E-state index is 0.00808. The average molecular weight is 379 g/mol. The van der Waals surface area contributed by atoms with Crippen molar-refractivity contribution in [2.45, 2.75) is 38.3 Å². The Hall–Kier alpha value is -3.15. The van der Waals surface area contributed by atoms with Crippen LogP contribution >= 0.6 is 0 Å². The molecular formula is C22H25N3O3. The van der Waals surface area contributed by atoms with Gasteiger partial charge in [0.1, 0.15) is 6.54 Å². The van der Waals surface area contributed by atoms with Crippen molar-refractivity contribution < 1.29 is 14.4 Å². The number of carbonyl (C=O) groups excluding carboxylic acids is 3. The lowest BCUT2D eigenvalue weighted by Gasteiger charge is -2.28. The molecule has 0 bridgehead atoms. The molecule has 3 rings (SSSR count). The van der Waals surface area contributed by atoms with Gasteiger partial charge in [0, 0.05) is 6.04 Å². The van der Waals surface area contributed by atoms with Crippen LogP contribution in [-0.2, 0) is 15.1 Å². The van der Waals surface area contributed by atoms with Crippen molar-refractivity contribution in [1.82, 2.24) is 15.5 Å². The van der Waals surface area contributed by atoms with Crippen molar-refractivity contribution in [3.8, 4) is 0 Å². The Morgan fingerprint density at radius 3 is 2.07 bits per heavy atom. The number of hydrogen-bond acceptors (Lipinski definition) is 3. The van der Waals surface area contributed by atoms with E-state index >= 15 is 0 Å². The van der Waals surface area contributed by atoms with Gasteiger partial charge in [0.25, 0.3) is 5.91 Å². The van der Waals surface area contributed by atoms with Gasteiger partial charge in [-0.25, -0.2) is 4.79 Å². The molecule has 4 amide bonds. The first-order valence-corrected chi connectivity index (χ1v) is 9.53. The van der Waals surface area contributed by atoms with E-state index in [9.17, 15) is 14.4 Å². The summed E-state index contributed by atoms with van der Waals surface area (Å²) in [7, 11) is 0. The highest BCUT2D eigenvalue weighted by Gasteiger charge is 2.54. The lowest BCUT2D eigenvalue weighted by atomic mass is 9.82. The summed E-state index contributed by atoms with van der Waals surface area (Å²) in [5.74, 6) is -0.797. The minimum Gasteiger partial charge on any atom is -0.352 e. The zero-order valence-corrected chi connectivity index (χ0v) is 16.1. The summed E-state index contributed by atoms with van der Waals surface area (Å²) < 4.78 is 0. The summed E-state index contributed by atoms with van der Waals surface area (Å²) in [6.45, 7) is 3.64. The van der Waals surface area contributed by atoms with Crippen LogP contribution in [0, 0.1) is 0 Å². The molecule has 146 valence electrons. The molecule has 1 heterocycles. The van der Waals surface area contributed by atoms with E-state index in [0.717, 1.165) is 17.7 Å². The predicted molar refractivity (Wildman–Crippen MR) is 106 cm³/mol. The van der Waals surface area contributed by atoms with E-state index in [0.29, 0.717) is 11.1 Å². The summed E-state index contributed by atoms with van der Waals surface area (Å²) in [6.07, 6.45) is 1.78. The number of nitrogens with zero attached hydrogens (tertiary/aromatic N) is 1. The van der Waals surface area contributed by atoms with Gasteiger partial charge in [-0.05, 0) is 24.5 Å². The summed E-state index contributed by atoms with van der Waals surface area (Å²) in [6, 6.07) is 17.6. The van der Waals surface area contributed by atoms with E-state index in [4.69, 9.17) is 0 Å². The summed E-state index contributed by atoms with van der Waals surface area (Å²) in [5, 5.41) is 5.68. The number of rotatable bonds is 7. The fraction of sp³-hybridized carbons (Fsp3) is 0.318. The first-order chi connectivity index (χ1) is 13.5. The second kappa shape index (κ2) is 8.25. The van der Waals surface area contributed by atoms with E-state index in [1.54, 1.807) is 24.3 Å². The zero-order chi connectivity index (χ0) is 20.1. The first kappa shape index (κ1) is 19.6. The number of carbonyl (C=O) groups is 3. The SMILES string of the molecule is CCCC(C)NC(=O)CN1C(=O)NC(c2ccccc2)(c2ccccc2)C1=O. The van der Waals surface area contributed by atoms with Gasteiger partial charge in [-0.3, -0.25) is 14.5 Å². The van der Waals surface area contributed by atoms with Crippen LogP contribution in [0.5, 0.6) is 0 Å². The lowest BCUT2D eigenvalue weighted by Crippen LogP contribution is -2.46. The molecule has 0 radical (unpaired) electrons. The van der Waals surface area contributed by atoms with E-state index in [2.05, 4.69) is 10.6 Å². The maximum Gasteiger partial charge on any atom is 0.326 e. The Balaban J connectivity index is 1.92. The Labute approximate surface area is 164 Å². The van der Waals surface area contributed by atoms with Crippen LogP contribution in [0.4, 0.5) is 4.79 Å². The van der Waals surface area contributed by atoms with E-state index < -0.39 is 17.5 Å². The Bertz CT molecular complexity index is 812. The zero-order valence-electron chi connectivity index (χ0n) is 16.1. The van der Waals surface area contributed by atoms with Gasteiger partial charge < -0.3 is 10.6 Å². The maximum absolute atomic E-state index is 13.4. The molecule has 0 saturated carbocycles. The molecule has 1 atom stereocenters. The number of hydrogen-bond donors (Lipinski definition) is 2. The molecule has 0 spiro atoms. The number of urea groups is 1. The van der Waals surface area contributed by atoms with Gasteiger partial charge in [-0.1, -0.05) is 74.0 Å². The fourth-order valence-corrected chi connectivity index (χ4v) is 3.62. The Morgan fingerprint density at radius 1 is 1.04 bits per heavy atom. The van der Waals surface area contributed by atoms with E-state index in [1.807, 2.05) is 50.2 Å². The van der Waals surface area contributed by atoms with Gasteiger partial charge in [-0.2, -0.15) is 0 Å². The number of benzene rings is 2. The molecule has 2 N–H and O–H groups in total. The third kappa shape index (κ3) is 3.63. The van der Waals surface area contributed by atoms with Crippen LogP contribution in [0.2, 0.25) is 0 Å². The summed E-state index contributed by atoms with van der Waals surface area (Å²) in [5.41, 5.74) is -0.0295. The van der Waals surface area contributed by atoms with Crippen molar-refractivity contribution in [1.29, 1.82) is 0 Å². The minimum atomic E-state index is -1.34. The molecule has 6 nitrogen and oxygen atoms in total. The van der Waals surface area contributed by atoms with Gasteiger partial charge >= 0.3 is 6.03 Å². The summed E-state index contributed by atoms with van der Waals surface area (Å²) in [4.78, 5) is 39.5. The van der Waals surface area contributed by atoms with Crippen LogP contribution in [-0.4, -0.2) is 35.3 Å². The molecule has 1 aliphatic heterocycles. The Kier molecular flexibility index (Phi) is 5.78. The molecule has 6 heteroatoms. The number of imide groups is 1. The van der Waals surface area contributed by atoms with E-state index in [1.165, 1.54) is 0 Å². The molecule has 0 aromatic heterocycles. The highest BCUT2D eigenvalue weighted by atomic mass is 16.2. The van der Waals surface area contributed by atoms with Gasteiger partial charge in [0.15, 0.2) is 5.54 Å². The third-order valence-electron chi connectivity index (χ3n) is 4.95. The number of nitrogens with one attached hydrogen (secondary N) is 2. The molecule has 2 aromatic carbocycles. The predicted octanol–water partition coefficient (Wildman–Crippen LogP) is 2.79. The smallest absolute Gasteiger partial charge is 0.326 e. The topological polar surface area (TPSA) is 78.5 Å². The quantitative estimate of drug-likeness (QED) is 0.726. The molecule has 1 saturated heterocycles. The van der Waals surface area contributed by atoms with Crippen LogP contribution in [0.1, 0.15) is 37.8 Å². The molecule has 1 aliphatic rings. The molecule has 1 fully saturated rings. The molecule has 2 aromatic rings. The van der Waals surface area contributed by atoms with Crippen LogP contribution < -0.4 is 10.6 Å². The fourth-order valence-electron chi connectivity index (χ4n) is 3.62. The first-order valence-electron chi connectivity index (χ1n) is 9.53.